The van der Waals surface area contributed by atoms with Crippen LogP contribution in [0.5, 0.6) is 0 Å². The summed E-state index contributed by atoms with van der Waals surface area (Å²) in [5.74, 6) is -0.594. The highest BCUT2D eigenvalue weighted by Gasteiger charge is 2.26. The number of nitrogens with one attached hydrogen (secondary N) is 1. The molecule has 1 amide bonds. The quantitative estimate of drug-likeness (QED) is 0.495. The third-order valence-corrected chi connectivity index (χ3v) is 3.54. The van der Waals surface area contributed by atoms with Crippen molar-refractivity contribution in [2.24, 2.45) is 0 Å². The van der Waals surface area contributed by atoms with Crippen molar-refractivity contribution in [1.29, 1.82) is 0 Å². The molecule has 1 aromatic carbocycles. The third-order valence-electron chi connectivity index (χ3n) is 3.54. The van der Waals surface area contributed by atoms with Crippen LogP contribution in [0.25, 0.3) is 0 Å². The van der Waals surface area contributed by atoms with Crippen LogP contribution in [-0.2, 0) is 25.7 Å². The van der Waals surface area contributed by atoms with Crippen molar-refractivity contribution < 1.29 is 23.9 Å². The Morgan fingerprint density at radius 2 is 1.81 bits per heavy atom. The van der Waals surface area contributed by atoms with Gasteiger partial charge in [0.1, 0.15) is 24.0 Å². The third kappa shape index (κ3) is 10.2. The molecule has 0 aliphatic rings. The highest BCUT2D eigenvalue weighted by molar-refractivity contribution is 5.83. The Hall–Kier alpha value is -2.63. The molecule has 6 nitrogen and oxygen atoms in total. The van der Waals surface area contributed by atoms with Gasteiger partial charge in [-0.25, -0.2) is 9.59 Å². The second kappa shape index (κ2) is 11.2. The molecule has 1 N–H and O–H groups in total. The molecule has 1 aromatic rings. The Balaban J connectivity index is 2.66. The molecule has 0 radical (unpaired) electrons. The van der Waals surface area contributed by atoms with Crippen LogP contribution in [0, 0.1) is 0 Å². The lowest BCUT2D eigenvalue weighted by molar-refractivity contribution is -0.147. The van der Waals surface area contributed by atoms with Gasteiger partial charge in [-0.15, -0.1) is 6.58 Å². The van der Waals surface area contributed by atoms with Gasteiger partial charge in [-0.05, 0) is 39.2 Å². The topological polar surface area (TPSA) is 81.7 Å². The van der Waals surface area contributed by atoms with Crippen molar-refractivity contribution in [2.45, 2.75) is 64.7 Å². The fourth-order valence-electron chi connectivity index (χ4n) is 2.22. The van der Waals surface area contributed by atoms with Crippen molar-refractivity contribution >= 4 is 17.8 Å². The molecule has 1 rings (SSSR count). The van der Waals surface area contributed by atoms with Crippen molar-refractivity contribution in [1.82, 2.24) is 5.32 Å². The second-order valence-corrected chi connectivity index (χ2v) is 7.20. The molecule has 0 saturated carbocycles. The van der Waals surface area contributed by atoms with Gasteiger partial charge in [0.15, 0.2) is 0 Å². The number of hydrogen-bond donors (Lipinski definition) is 1. The predicted octanol–water partition coefficient (Wildman–Crippen LogP) is 3.94. The molecule has 0 heterocycles. The smallest absolute Gasteiger partial charge is 0.408 e. The molecule has 148 valence electrons. The molecule has 0 aromatic heterocycles. The first kappa shape index (κ1) is 22.4. The minimum absolute atomic E-state index is 0.00162. The minimum Gasteiger partial charge on any atom is -0.459 e. The summed E-state index contributed by atoms with van der Waals surface area (Å²) in [6.07, 6.45) is 2.21. The second-order valence-electron chi connectivity index (χ2n) is 7.20. The molecule has 0 fully saturated rings. The first-order valence-corrected chi connectivity index (χ1v) is 9.04. The number of alkyl carbamates (subject to hydrolysis) is 1. The predicted molar refractivity (Wildman–Crippen MR) is 103 cm³/mol. The Kier molecular flexibility index (Phi) is 9.26. The van der Waals surface area contributed by atoms with E-state index in [1.54, 1.807) is 26.8 Å². The number of Topliss-reactive ketones (excluding diaryl/α,β-unsaturated/α-hetero) is 1. The fourth-order valence-corrected chi connectivity index (χ4v) is 2.22. The van der Waals surface area contributed by atoms with Gasteiger partial charge in [0.2, 0.25) is 0 Å². The highest BCUT2D eigenvalue weighted by atomic mass is 16.6. The van der Waals surface area contributed by atoms with E-state index in [-0.39, 0.29) is 25.2 Å². The number of esters is 1. The number of carbonyl (C=O) groups is 3. The summed E-state index contributed by atoms with van der Waals surface area (Å²) >= 11 is 0. The Labute approximate surface area is 160 Å². The van der Waals surface area contributed by atoms with E-state index in [9.17, 15) is 14.4 Å². The molecule has 0 bridgehead atoms. The van der Waals surface area contributed by atoms with E-state index in [2.05, 4.69) is 11.9 Å². The largest absolute Gasteiger partial charge is 0.459 e. The number of carbonyl (C=O) groups excluding carboxylic acids is 3. The van der Waals surface area contributed by atoms with E-state index in [1.807, 2.05) is 30.3 Å². The molecule has 0 aliphatic carbocycles. The van der Waals surface area contributed by atoms with Crippen LogP contribution in [0.3, 0.4) is 0 Å². The highest BCUT2D eigenvalue weighted by Crippen LogP contribution is 2.10. The maximum absolute atomic E-state index is 12.4. The fraction of sp³-hybridized carbons (Fsp3) is 0.476. The van der Waals surface area contributed by atoms with Gasteiger partial charge in [-0.2, -0.15) is 0 Å². The number of amides is 1. The average molecular weight is 375 g/mol. The number of ketones is 1. The van der Waals surface area contributed by atoms with Crippen LogP contribution in [0.4, 0.5) is 4.79 Å². The zero-order valence-corrected chi connectivity index (χ0v) is 16.3. The number of ether oxygens (including phenoxy) is 2. The first-order chi connectivity index (χ1) is 12.7. The Bertz CT molecular complexity index is 634. The van der Waals surface area contributed by atoms with E-state index >= 15 is 0 Å². The van der Waals surface area contributed by atoms with Gasteiger partial charge in [0.05, 0.1) is 0 Å². The van der Waals surface area contributed by atoms with Crippen LogP contribution in [0.1, 0.15) is 52.0 Å². The summed E-state index contributed by atoms with van der Waals surface area (Å²) in [5.41, 5.74) is 0.145. The van der Waals surface area contributed by atoms with Crippen LogP contribution in [0.15, 0.2) is 43.0 Å². The van der Waals surface area contributed by atoms with E-state index < -0.39 is 23.7 Å². The molecule has 27 heavy (non-hydrogen) atoms. The molecule has 0 saturated heterocycles. The zero-order valence-electron chi connectivity index (χ0n) is 16.3. The maximum atomic E-state index is 12.4. The van der Waals surface area contributed by atoms with E-state index in [4.69, 9.17) is 9.47 Å². The summed E-state index contributed by atoms with van der Waals surface area (Å²) in [6, 6.07) is 8.28. The van der Waals surface area contributed by atoms with E-state index in [0.717, 1.165) is 5.56 Å². The summed E-state index contributed by atoms with van der Waals surface area (Å²) < 4.78 is 10.5. The van der Waals surface area contributed by atoms with Crippen LogP contribution >= 0.6 is 0 Å². The summed E-state index contributed by atoms with van der Waals surface area (Å²) in [4.78, 5) is 36.3. The van der Waals surface area contributed by atoms with Gasteiger partial charge in [0.25, 0.3) is 0 Å². The van der Waals surface area contributed by atoms with E-state index in [0.29, 0.717) is 12.8 Å². The molecule has 1 unspecified atom stereocenters. The standard InChI is InChI=1S/C21H29NO5/c1-5-6-12-17(23)13-14-18(22-20(25)27-21(2,3)4)19(24)26-15-16-10-8-7-9-11-16/h5,7-11,18H,1,6,12-15H2,2-4H3,(H,22,25). The van der Waals surface area contributed by atoms with Gasteiger partial charge in [-0.3, -0.25) is 4.79 Å². The normalized spacial score (nSPS) is 12.0. The molecule has 1 atom stereocenters. The summed E-state index contributed by atoms with van der Waals surface area (Å²) in [5, 5.41) is 2.51. The molecular weight excluding hydrogens is 346 g/mol. The first-order valence-electron chi connectivity index (χ1n) is 9.04. The SMILES string of the molecule is C=CCCC(=O)CCC(NC(=O)OC(C)(C)C)C(=O)OCc1ccccc1. The van der Waals surface area contributed by atoms with Crippen molar-refractivity contribution in [3.63, 3.8) is 0 Å². The van der Waals surface area contributed by atoms with Gasteiger partial charge < -0.3 is 14.8 Å². The average Bonchev–Trinajstić information content (AvgIpc) is 2.60. The van der Waals surface area contributed by atoms with Crippen LogP contribution in [0.2, 0.25) is 0 Å². The van der Waals surface area contributed by atoms with Gasteiger partial charge in [0, 0.05) is 12.8 Å². The van der Waals surface area contributed by atoms with Gasteiger partial charge >= 0.3 is 12.1 Å². The number of hydrogen-bond acceptors (Lipinski definition) is 5. The maximum Gasteiger partial charge on any atom is 0.408 e. The lowest BCUT2D eigenvalue weighted by Gasteiger charge is -2.23. The molecule has 6 heteroatoms. The molecule has 0 aliphatic heterocycles. The van der Waals surface area contributed by atoms with Crippen LogP contribution in [-0.4, -0.2) is 29.5 Å². The summed E-state index contributed by atoms with van der Waals surface area (Å²) in [7, 11) is 0. The lowest BCUT2D eigenvalue weighted by Crippen LogP contribution is -2.44. The lowest BCUT2D eigenvalue weighted by atomic mass is 10.1. The monoisotopic (exact) mass is 375 g/mol. The number of rotatable bonds is 10. The van der Waals surface area contributed by atoms with Crippen molar-refractivity contribution in [2.75, 3.05) is 0 Å². The Morgan fingerprint density at radius 1 is 1.15 bits per heavy atom. The molecule has 0 spiro atoms. The minimum atomic E-state index is -0.948. The van der Waals surface area contributed by atoms with E-state index in [1.165, 1.54) is 0 Å². The number of allylic oxidation sites excluding steroid dienone is 1. The van der Waals surface area contributed by atoms with Crippen LogP contribution < -0.4 is 5.32 Å². The zero-order chi connectivity index (χ0) is 20.3. The van der Waals surface area contributed by atoms with Crippen molar-refractivity contribution in [3.05, 3.63) is 48.6 Å². The number of benzene rings is 1. The Morgan fingerprint density at radius 3 is 2.41 bits per heavy atom. The molecular formula is C21H29NO5. The summed E-state index contributed by atoms with van der Waals surface area (Å²) in [6.45, 7) is 8.87. The van der Waals surface area contributed by atoms with Gasteiger partial charge in [-0.1, -0.05) is 36.4 Å². The van der Waals surface area contributed by atoms with Crippen molar-refractivity contribution in [3.8, 4) is 0 Å².